The lowest BCUT2D eigenvalue weighted by Crippen LogP contribution is -2.42. The Morgan fingerprint density at radius 2 is 1.71 bits per heavy atom. The van der Waals surface area contributed by atoms with Crippen LogP contribution in [0, 0.1) is 13.8 Å². The summed E-state index contributed by atoms with van der Waals surface area (Å²) in [5.74, 6) is 0.635. The predicted molar refractivity (Wildman–Crippen MR) is 141 cm³/mol. The van der Waals surface area contributed by atoms with Crippen molar-refractivity contribution in [3.05, 3.63) is 88.4 Å². The number of rotatable bonds is 10. The molecule has 3 rings (SSSR count). The van der Waals surface area contributed by atoms with Gasteiger partial charge < -0.3 is 10.1 Å². The topological polar surface area (TPSA) is 75.7 Å². The quantitative estimate of drug-likeness (QED) is 0.364. The first-order valence-electron chi connectivity index (χ1n) is 11.4. The average molecular weight is 515 g/mol. The molecule has 1 N–H and O–H groups in total. The molecule has 1 amide bonds. The van der Waals surface area contributed by atoms with Gasteiger partial charge in [0.25, 0.3) is 10.0 Å². The largest absolute Gasteiger partial charge is 0.491 e. The SMILES string of the molecule is Cc1ccc(S(=O)(=O)N(CC(=O)NCCOc2ccccc2C(C)C)c2ccc(C)c(Cl)c2)cc1. The standard InChI is InChI=1S/C27H31ClN2O4S/c1-19(2)24-7-5-6-8-26(24)34-16-15-29-27(31)18-30(22-12-11-21(4)25(28)17-22)35(32,33)23-13-9-20(3)10-14-23/h5-14,17,19H,15-16,18H2,1-4H3,(H,29,31). The second kappa shape index (κ2) is 11.6. The summed E-state index contributed by atoms with van der Waals surface area (Å²) < 4.78 is 33.9. The van der Waals surface area contributed by atoms with Crippen LogP contribution in [0.2, 0.25) is 5.02 Å². The van der Waals surface area contributed by atoms with Gasteiger partial charge >= 0.3 is 0 Å². The Labute approximate surface area is 212 Å². The van der Waals surface area contributed by atoms with E-state index in [4.69, 9.17) is 16.3 Å². The first kappa shape index (κ1) is 26.6. The van der Waals surface area contributed by atoms with Gasteiger partial charge in [0.1, 0.15) is 18.9 Å². The Kier molecular flexibility index (Phi) is 8.81. The van der Waals surface area contributed by atoms with Crippen molar-refractivity contribution < 1.29 is 17.9 Å². The fourth-order valence-corrected chi connectivity index (χ4v) is 5.10. The third-order valence-corrected chi connectivity index (χ3v) is 7.76. The zero-order chi connectivity index (χ0) is 25.6. The molecule has 0 atom stereocenters. The summed E-state index contributed by atoms with van der Waals surface area (Å²) >= 11 is 6.27. The monoisotopic (exact) mass is 514 g/mol. The van der Waals surface area contributed by atoms with Crippen LogP contribution in [-0.4, -0.2) is 34.0 Å². The molecule has 0 aromatic heterocycles. The molecule has 0 unspecified atom stereocenters. The van der Waals surface area contributed by atoms with Gasteiger partial charge in [-0.15, -0.1) is 0 Å². The highest BCUT2D eigenvalue weighted by Gasteiger charge is 2.27. The molecule has 0 saturated carbocycles. The summed E-state index contributed by atoms with van der Waals surface area (Å²) in [6.07, 6.45) is 0. The van der Waals surface area contributed by atoms with Crippen molar-refractivity contribution in [1.82, 2.24) is 5.32 Å². The molecule has 0 fully saturated rings. The van der Waals surface area contributed by atoms with Gasteiger partial charge in [-0.1, -0.05) is 67.4 Å². The van der Waals surface area contributed by atoms with Crippen LogP contribution in [0.15, 0.2) is 71.6 Å². The number of aryl methyl sites for hydroxylation is 2. The number of para-hydroxylation sites is 1. The summed E-state index contributed by atoms with van der Waals surface area (Å²) in [5, 5.41) is 3.18. The minimum atomic E-state index is -4.00. The van der Waals surface area contributed by atoms with E-state index in [1.807, 2.05) is 38.1 Å². The maximum Gasteiger partial charge on any atom is 0.264 e. The van der Waals surface area contributed by atoms with Crippen LogP contribution in [-0.2, 0) is 14.8 Å². The molecular formula is C27H31ClN2O4S. The highest BCUT2D eigenvalue weighted by atomic mass is 35.5. The van der Waals surface area contributed by atoms with Gasteiger partial charge in [0.05, 0.1) is 17.1 Å². The zero-order valence-corrected chi connectivity index (χ0v) is 22.0. The molecule has 0 aliphatic rings. The maximum absolute atomic E-state index is 13.5. The van der Waals surface area contributed by atoms with Gasteiger partial charge in [0.15, 0.2) is 0 Å². The third-order valence-electron chi connectivity index (χ3n) is 5.56. The first-order valence-corrected chi connectivity index (χ1v) is 13.3. The molecule has 35 heavy (non-hydrogen) atoms. The summed E-state index contributed by atoms with van der Waals surface area (Å²) in [4.78, 5) is 12.9. The number of carbonyl (C=O) groups excluding carboxylic acids is 1. The van der Waals surface area contributed by atoms with Crippen LogP contribution in [0.1, 0.15) is 36.5 Å². The van der Waals surface area contributed by atoms with Crippen molar-refractivity contribution >= 4 is 33.2 Å². The van der Waals surface area contributed by atoms with Crippen molar-refractivity contribution in [2.24, 2.45) is 0 Å². The van der Waals surface area contributed by atoms with E-state index in [-0.39, 0.29) is 18.0 Å². The number of carbonyl (C=O) groups is 1. The van der Waals surface area contributed by atoms with Crippen LogP contribution in [0.5, 0.6) is 5.75 Å². The molecule has 3 aromatic rings. The van der Waals surface area contributed by atoms with Crippen LogP contribution < -0.4 is 14.4 Å². The number of amides is 1. The van der Waals surface area contributed by atoms with E-state index < -0.39 is 22.5 Å². The van der Waals surface area contributed by atoms with E-state index in [9.17, 15) is 13.2 Å². The molecule has 6 nitrogen and oxygen atoms in total. The molecule has 0 aliphatic carbocycles. The molecule has 3 aromatic carbocycles. The third kappa shape index (κ3) is 6.77. The molecule has 0 saturated heterocycles. The molecule has 186 valence electrons. The molecular weight excluding hydrogens is 484 g/mol. The Balaban J connectivity index is 1.73. The molecule has 0 spiro atoms. The number of ether oxygens (including phenoxy) is 1. The smallest absolute Gasteiger partial charge is 0.264 e. The van der Waals surface area contributed by atoms with E-state index in [0.29, 0.717) is 16.6 Å². The summed E-state index contributed by atoms with van der Waals surface area (Å²) in [5.41, 5.74) is 3.15. The lowest BCUT2D eigenvalue weighted by Gasteiger charge is -2.24. The lowest BCUT2D eigenvalue weighted by atomic mass is 10.0. The van der Waals surface area contributed by atoms with E-state index >= 15 is 0 Å². The zero-order valence-electron chi connectivity index (χ0n) is 20.4. The molecule has 0 aliphatic heterocycles. The number of anilines is 1. The number of hydrogen-bond donors (Lipinski definition) is 1. The number of benzene rings is 3. The highest BCUT2D eigenvalue weighted by Crippen LogP contribution is 2.28. The molecule has 0 heterocycles. The van der Waals surface area contributed by atoms with Gasteiger partial charge in [0, 0.05) is 5.02 Å². The van der Waals surface area contributed by atoms with Crippen molar-refractivity contribution in [3.63, 3.8) is 0 Å². The minimum Gasteiger partial charge on any atom is -0.491 e. The average Bonchev–Trinajstić information content (AvgIpc) is 2.82. The van der Waals surface area contributed by atoms with E-state index in [0.717, 1.165) is 26.7 Å². The van der Waals surface area contributed by atoms with Crippen LogP contribution in [0.25, 0.3) is 0 Å². The second-order valence-corrected chi connectivity index (χ2v) is 10.9. The van der Waals surface area contributed by atoms with Crippen LogP contribution >= 0.6 is 11.6 Å². The highest BCUT2D eigenvalue weighted by molar-refractivity contribution is 7.92. The van der Waals surface area contributed by atoms with Gasteiger partial charge in [-0.05, 0) is 61.2 Å². The number of halogens is 1. The first-order chi connectivity index (χ1) is 16.6. The van der Waals surface area contributed by atoms with E-state index in [2.05, 4.69) is 19.2 Å². The Hall–Kier alpha value is -3.03. The van der Waals surface area contributed by atoms with Crippen molar-refractivity contribution in [3.8, 4) is 5.75 Å². The Bertz CT molecular complexity index is 1270. The van der Waals surface area contributed by atoms with E-state index in [1.165, 1.54) is 12.1 Å². The van der Waals surface area contributed by atoms with Crippen LogP contribution in [0.4, 0.5) is 5.69 Å². The van der Waals surface area contributed by atoms with Crippen molar-refractivity contribution in [2.75, 3.05) is 24.0 Å². The minimum absolute atomic E-state index is 0.0984. The Morgan fingerprint density at radius 3 is 2.37 bits per heavy atom. The van der Waals surface area contributed by atoms with Crippen LogP contribution in [0.3, 0.4) is 0 Å². The van der Waals surface area contributed by atoms with Crippen molar-refractivity contribution in [1.29, 1.82) is 0 Å². The van der Waals surface area contributed by atoms with Crippen molar-refractivity contribution in [2.45, 2.75) is 38.5 Å². The lowest BCUT2D eigenvalue weighted by molar-refractivity contribution is -0.119. The summed E-state index contributed by atoms with van der Waals surface area (Å²) in [6.45, 7) is 7.99. The number of sulfonamides is 1. The molecule has 0 bridgehead atoms. The predicted octanol–water partition coefficient (Wildman–Crippen LogP) is 5.47. The number of nitrogens with zero attached hydrogens (tertiary/aromatic N) is 1. The summed E-state index contributed by atoms with van der Waals surface area (Å²) in [6, 6.07) is 19.2. The molecule has 8 heteroatoms. The van der Waals surface area contributed by atoms with Gasteiger partial charge in [-0.25, -0.2) is 8.42 Å². The normalized spacial score (nSPS) is 11.4. The summed E-state index contributed by atoms with van der Waals surface area (Å²) in [7, 11) is -4.00. The number of hydrogen-bond acceptors (Lipinski definition) is 4. The fourth-order valence-electron chi connectivity index (χ4n) is 3.52. The van der Waals surface area contributed by atoms with Gasteiger partial charge in [-0.2, -0.15) is 0 Å². The van der Waals surface area contributed by atoms with Gasteiger partial charge in [0.2, 0.25) is 5.91 Å². The van der Waals surface area contributed by atoms with E-state index in [1.54, 1.807) is 30.3 Å². The molecule has 0 radical (unpaired) electrons. The van der Waals surface area contributed by atoms with Gasteiger partial charge in [-0.3, -0.25) is 9.10 Å². The number of nitrogens with one attached hydrogen (secondary N) is 1. The maximum atomic E-state index is 13.5. The fraction of sp³-hybridized carbons (Fsp3) is 0.296. The Morgan fingerprint density at radius 1 is 1.03 bits per heavy atom. The second-order valence-electron chi connectivity index (χ2n) is 8.65.